The van der Waals surface area contributed by atoms with Crippen LogP contribution in [0, 0.1) is 0 Å². The average molecular weight is 362 g/mol. The standard InChI is InChI=1S/C20H30N2O4/c1-25-17-10-9-15(13-18(17)26-2)11-12-21-19(23)14-20(24)22-16-7-5-3-4-6-8-16/h9-10,13,16H,3-8,11-12,14H2,1-2H3,(H,21,23)(H,22,24). The molecular weight excluding hydrogens is 332 g/mol. The predicted octanol–water partition coefficient (Wildman–Crippen LogP) is 2.59. The number of amides is 2. The van der Waals surface area contributed by atoms with E-state index in [9.17, 15) is 9.59 Å². The zero-order valence-corrected chi connectivity index (χ0v) is 15.8. The molecule has 0 atom stereocenters. The molecular formula is C20H30N2O4. The summed E-state index contributed by atoms with van der Waals surface area (Å²) in [6.07, 6.45) is 7.38. The Balaban J connectivity index is 1.70. The Hall–Kier alpha value is -2.24. The third-order valence-corrected chi connectivity index (χ3v) is 4.73. The summed E-state index contributed by atoms with van der Waals surface area (Å²) in [5.74, 6) is 0.923. The molecule has 1 saturated carbocycles. The topological polar surface area (TPSA) is 76.7 Å². The van der Waals surface area contributed by atoms with Gasteiger partial charge in [-0.2, -0.15) is 0 Å². The molecule has 2 rings (SSSR count). The normalized spacial score (nSPS) is 15.0. The summed E-state index contributed by atoms with van der Waals surface area (Å²) in [5, 5.41) is 5.80. The molecule has 2 amide bonds. The Morgan fingerprint density at radius 1 is 1.00 bits per heavy atom. The zero-order chi connectivity index (χ0) is 18.8. The Morgan fingerprint density at radius 2 is 1.69 bits per heavy atom. The monoisotopic (exact) mass is 362 g/mol. The van der Waals surface area contributed by atoms with E-state index in [0.29, 0.717) is 24.5 Å². The molecule has 0 radical (unpaired) electrons. The van der Waals surface area contributed by atoms with Crippen LogP contribution < -0.4 is 20.1 Å². The number of methoxy groups -OCH3 is 2. The molecule has 2 N–H and O–H groups in total. The molecule has 0 spiro atoms. The lowest BCUT2D eigenvalue weighted by Crippen LogP contribution is -2.38. The minimum absolute atomic E-state index is 0.109. The SMILES string of the molecule is COc1ccc(CCNC(=O)CC(=O)NC2CCCCCC2)cc1OC. The predicted molar refractivity (Wildman–Crippen MR) is 101 cm³/mol. The molecule has 0 saturated heterocycles. The fraction of sp³-hybridized carbons (Fsp3) is 0.600. The minimum atomic E-state index is -0.239. The molecule has 0 aromatic heterocycles. The molecule has 6 heteroatoms. The van der Waals surface area contributed by atoms with Crippen molar-refractivity contribution in [3.05, 3.63) is 23.8 Å². The largest absolute Gasteiger partial charge is 0.493 e. The molecule has 26 heavy (non-hydrogen) atoms. The first-order chi connectivity index (χ1) is 12.6. The number of carbonyl (C=O) groups is 2. The van der Waals surface area contributed by atoms with Crippen molar-refractivity contribution in [1.29, 1.82) is 0 Å². The fourth-order valence-electron chi connectivity index (χ4n) is 3.29. The maximum atomic E-state index is 12.0. The quantitative estimate of drug-likeness (QED) is 0.550. The van der Waals surface area contributed by atoms with Gasteiger partial charge in [-0.25, -0.2) is 0 Å². The van der Waals surface area contributed by atoms with Gasteiger partial charge in [0.05, 0.1) is 14.2 Å². The van der Waals surface area contributed by atoms with Crippen LogP contribution in [-0.4, -0.2) is 38.6 Å². The fourth-order valence-corrected chi connectivity index (χ4v) is 3.29. The number of ether oxygens (including phenoxy) is 2. The molecule has 1 aromatic rings. The van der Waals surface area contributed by atoms with Crippen LogP contribution in [0.4, 0.5) is 0 Å². The van der Waals surface area contributed by atoms with Crippen molar-refractivity contribution in [3.63, 3.8) is 0 Å². The zero-order valence-electron chi connectivity index (χ0n) is 15.8. The Labute approximate surface area is 155 Å². The molecule has 1 aliphatic rings. The number of rotatable bonds is 8. The molecule has 1 aliphatic carbocycles. The van der Waals surface area contributed by atoms with E-state index in [1.165, 1.54) is 12.8 Å². The van der Waals surface area contributed by atoms with E-state index in [2.05, 4.69) is 10.6 Å². The van der Waals surface area contributed by atoms with Crippen molar-refractivity contribution in [2.75, 3.05) is 20.8 Å². The van der Waals surface area contributed by atoms with Gasteiger partial charge in [0.15, 0.2) is 11.5 Å². The second-order valence-corrected chi connectivity index (χ2v) is 6.72. The maximum Gasteiger partial charge on any atom is 0.229 e. The highest BCUT2D eigenvalue weighted by Gasteiger charge is 2.16. The molecule has 0 bridgehead atoms. The van der Waals surface area contributed by atoms with Crippen LogP contribution in [0.3, 0.4) is 0 Å². The van der Waals surface area contributed by atoms with Crippen LogP contribution in [0.1, 0.15) is 50.5 Å². The van der Waals surface area contributed by atoms with Crippen molar-refractivity contribution in [2.24, 2.45) is 0 Å². The number of benzene rings is 1. The van der Waals surface area contributed by atoms with E-state index in [1.54, 1.807) is 14.2 Å². The minimum Gasteiger partial charge on any atom is -0.493 e. The lowest BCUT2D eigenvalue weighted by molar-refractivity contribution is -0.129. The lowest BCUT2D eigenvalue weighted by atomic mass is 10.1. The van der Waals surface area contributed by atoms with E-state index in [4.69, 9.17) is 9.47 Å². The van der Waals surface area contributed by atoms with Crippen LogP contribution in [0.2, 0.25) is 0 Å². The Morgan fingerprint density at radius 3 is 2.35 bits per heavy atom. The van der Waals surface area contributed by atoms with Gasteiger partial charge in [0.2, 0.25) is 11.8 Å². The lowest BCUT2D eigenvalue weighted by Gasteiger charge is -2.16. The van der Waals surface area contributed by atoms with E-state index < -0.39 is 0 Å². The third-order valence-electron chi connectivity index (χ3n) is 4.73. The van der Waals surface area contributed by atoms with Gasteiger partial charge in [0.25, 0.3) is 0 Å². The van der Waals surface area contributed by atoms with Crippen molar-refractivity contribution in [2.45, 2.75) is 57.4 Å². The van der Waals surface area contributed by atoms with Crippen LogP contribution in [0.5, 0.6) is 11.5 Å². The van der Waals surface area contributed by atoms with E-state index >= 15 is 0 Å². The Kier molecular flexibility index (Phi) is 8.25. The number of hydrogen-bond acceptors (Lipinski definition) is 4. The van der Waals surface area contributed by atoms with Gasteiger partial charge in [-0.15, -0.1) is 0 Å². The molecule has 1 fully saturated rings. The average Bonchev–Trinajstić information content (AvgIpc) is 2.90. The summed E-state index contributed by atoms with van der Waals surface area (Å²) < 4.78 is 10.5. The molecule has 0 aliphatic heterocycles. The maximum absolute atomic E-state index is 12.0. The second-order valence-electron chi connectivity index (χ2n) is 6.72. The van der Waals surface area contributed by atoms with E-state index in [-0.39, 0.29) is 24.3 Å². The molecule has 144 valence electrons. The summed E-state index contributed by atoms with van der Waals surface area (Å²) in [6.45, 7) is 0.477. The van der Waals surface area contributed by atoms with Crippen LogP contribution in [0.15, 0.2) is 18.2 Å². The van der Waals surface area contributed by atoms with Crippen LogP contribution in [0.25, 0.3) is 0 Å². The van der Waals surface area contributed by atoms with Gasteiger partial charge >= 0.3 is 0 Å². The van der Waals surface area contributed by atoms with Gasteiger partial charge in [-0.1, -0.05) is 31.7 Å². The van der Waals surface area contributed by atoms with Crippen molar-refractivity contribution >= 4 is 11.8 Å². The molecule has 0 heterocycles. The van der Waals surface area contributed by atoms with Gasteiger partial charge < -0.3 is 20.1 Å². The van der Waals surface area contributed by atoms with Crippen molar-refractivity contribution < 1.29 is 19.1 Å². The van der Waals surface area contributed by atoms with E-state index in [0.717, 1.165) is 31.2 Å². The van der Waals surface area contributed by atoms with Crippen molar-refractivity contribution in [3.8, 4) is 11.5 Å². The third kappa shape index (κ3) is 6.58. The smallest absolute Gasteiger partial charge is 0.229 e. The highest BCUT2D eigenvalue weighted by atomic mass is 16.5. The van der Waals surface area contributed by atoms with Crippen LogP contribution >= 0.6 is 0 Å². The summed E-state index contributed by atoms with van der Waals surface area (Å²) in [4.78, 5) is 24.0. The summed E-state index contributed by atoms with van der Waals surface area (Å²) in [6, 6.07) is 5.90. The van der Waals surface area contributed by atoms with Gasteiger partial charge in [0, 0.05) is 12.6 Å². The summed E-state index contributed by atoms with van der Waals surface area (Å²) in [5.41, 5.74) is 1.03. The number of hydrogen-bond donors (Lipinski definition) is 2. The highest BCUT2D eigenvalue weighted by Crippen LogP contribution is 2.27. The second kappa shape index (κ2) is 10.7. The van der Waals surface area contributed by atoms with E-state index in [1.807, 2.05) is 18.2 Å². The van der Waals surface area contributed by atoms with Crippen LogP contribution in [-0.2, 0) is 16.0 Å². The van der Waals surface area contributed by atoms with Gasteiger partial charge in [0.1, 0.15) is 6.42 Å². The highest BCUT2D eigenvalue weighted by molar-refractivity contribution is 5.96. The molecule has 0 unspecified atom stereocenters. The number of carbonyl (C=O) groups excluding carboxylic acids is 2. The first kappa shape index (κ1) is 20.1. The summed E-state index contributed by atoms with van der Waals surface area (Å²) in [7, 11) is 3.19. The first-order valence-electron chi connectivity index (χ1n) is 9.39. The Bertz CT molecular complexity index is 595. The van der Waals surface area contributed by atoms with Gasteiger partial charge in [-0.3, -0.25) is 9.59 Å². The molecule has 1 aromatic carbocycles. The van der Waals surface area contributed by atoms with Crippen molar-refractivity contribution in [1.82, 2.24) is 10.6 Å². The van der Waals surface area contributed by atoms with Gasteiger partial charge in [-0.05, 0) is 37.0 Å². The molecule has 6 nitrogen and oxygen atoms in total. The summed E-state index contributed by atoms with van der Waals surface area (Å²) >= 11 is 0. The number of nitrogens with one attached hydrogen (secondary N) is 2. The first-order valence-corrected chi connectivity index (χ1v) is 9.39.